The van der Waals surface area contributed by atoms with Gasteiger partial charge in [-0.2, -0.15) is 0 Å². The summed E-state index contributed by atoms with van der Waals surface area (Å²) in [6.07, 6.45) is 2.06. The molecular weight excluding hydrogens is 252 g/mol. The van der Waals surface area contributed by atoms with Gasteiger partial charge >= 0.3 is 0 Å². The van der Waals surface area contributed by atoms with E-state index in [4.69, 9.17) is 0 Å². The first-order valence-electron chi connectivity index (χ1n) is 5.93. The van der Waals surface area contributed by atoms with Crippen LogP contribution in [0.25, 0.3) is 0 Å². The molecule has 1 aromatic heterocycles. The van der Waals surface area contributed by atoms with Gasteiger partial charge in [0, 0.05) is 12.6 Å². The largest absolute Gasteiger partial charge is 0.287 e. The van der Waals surface area contributed by atoms with Gasteiger partial charge in [0.2, 0.25) is 5.78 Å². The maximum Gasteiger partial charge on any atom is 0.215 e. The number of hydrogen-bond donors (Lipinski definition) is 0. The molecule has 0 N–H and O–H groups in total. The zero-order valence-corrected chi connectivity index (χ0v) is 10.7. The van der Waals surface area contributed by atoms with Crippen LogP contribution in [-0.2, 0) is 6.54 Å². The number of ketones is 1. The van der Waals surface area contributed by atoms with E-state index in [1.165, 1.54) is 23.9 Å². The summed E-state index contributed by atoms with van der Waals surface area (Å²) in [7, 11) is 0. The molecule has 1 heterocycles. The molecule has 100 valence electrons. The summed E-state index contributed by atoms with van der Waals surface area (Å²) < 4.78 is 28.3. The van der Waals surface area contributed by atoms with Gasteiger partial charge < -0.3 is 0 Å². The molecule has 2 rings (SSSR count). The lowest BCUT2D eigenvalue weighted by Gasteiger charge is -2.06. The van der Waals surface area contributed by atoms with Crippen LogP contribution in [0.1, 0.15) is 35.0 Å². The van der Waals surface area contributed by atoms with Crippen molar-refractivity contribution < 1.29 is 13.6 Å². The standard InChI is InChI=1S/C13H13F2N3O/c1-3-4-18-12(7-16-17-18)13(19)9-5-8(2)10(14)6-11(9)15/h5-7H,3-4H2,1-2H3. The molecule has 0 bridgehead atoms. The van der Waals surface area contributed by atoms with Crippen molar-refractivity contribution in [3.8, 4) is 0 Å². The molecule has 0 atom stereocenters. The molecule has 0 fully saturated rings. The first-order valence-corrected chi connectivity index (χ1v) is 5.93. The number of carbonyl (C=O) groups is 1. The first-order chi connectivity index (χ1) is 9.04. The van der Waals surface area contributed by atoms with Crippen molar-refractivity contribution in [3.05, 3.63) is 46.8 Å². The molecule has 0 saturated carbocycles. The Morgan fingerprint density at radius 2 is 2.05 bits per heavy atom. The maximum atomic E-state index is 13.7. The second-order valence-corrected chi connectivity index (χ2v) is 4.25. The van der Waals surface area contributed by atoms with Crippen LogP contribution in [-0.4, -0.2) is 20.8 Å². The van der Waals surface area contributed by atoms with Crippen LogP contribution >= 0.6 is 0 Å². The van der Waals surface area contributed by atoms with Crippen molar-refractivity contribution in [2.24, 2.45) is 0 Å². The molecule has 0 unspecified atom stereocenters. The average Bonchev–Trinajstić information content (AvgIpc) is 2.82. The summed E-state index contributed by atoms with van der Waals surface area (Å²) in [4.78, 5) is 12.2. The van der Waals surface area contributed by atoms with E-state index in [0.29, 0.717) is 6.54 Å². The molecule has 4 nitrogen and oxygen atoms in total. The molecule has 1 aromatic carbocycles. The van der Waals surface area contributed by atoms with Crippen molar-refractivity contribution in [2.45, 2.75) is 26.8 Å². The Morgan fingerprint density at radius 1 is 1.32 bits per heavy atom. The Bertz CT molecular complexity index is 622. The van der Waals surface area contributed by atoms with E-state index in [1.54, 1.807) is 0 Å². The van der Waals surface area contributed by atoms with Crippen LogP contribution in [0.3, 0.4) is 0 Å². The third-order valence-electron chi connectivity index (χ3n) is 2.78. The number of hydrogen-bond acceptors (Lipinski definition) is 3. The van der Waals surface area contributed by atoms with E-state index in [9.17, 15) is 13.6 Å². The Morgan fingerprint density at radius 3 is 2.74 bits per heavy atom. The highest BCUT2D eigenvalue weighted by Crippen LogP contribution is 2.17. The molecule has 6 heteroatoms. The zero-order chi connectivity index (χ0) is 14.0. The van der Waals surface area contributed by atoms with Crippen LogP contribution in [0.2, 0.25) is 0 Å². The fraction of sp³-hybridized carbons (Fsp3) is 0.308. The molecule has 0 amide bonds. The van der Waals surface area contributed by atoms with Gasteiger partial charge in [-0.3, -0.25) is 4.79 Å². The number of nitrogens with zero attached hydrogens (tertiary/aromatic N) is 3. The Kier molecular flexibility index (Phi) is 3.69. The fourth-order valence-corrected chi connectivity index (χ4v) is 1.78. The summed E-state index contributed by atoms with van der Waals surface area (Å²) in [6, 6.07) is 1.92. The van der Waals surface area contributed by atoms with E-state index in [2.05, 4.69) is 10.3 Å². The minimum atomic E-state index is -0.877. The Hall–Kier alpha value is -2.11. The molecule has 0 spiro atoms. The maximum absolute atomic E-state index is 13.7. The van der Waals surface area contributed by atoms with Crippen molar-refractivity contribution >= 4 is 5.78 Å². The smallest absolute Gasteiger partial charge is 0.215 e. The van der Waals surface area contributed by atoms with Gasteiger partial charge in [-0.25, -0.2) is 13.5 Å². The van der Waals surface area contributed by atoms with Gasteiger partial charge in [0.1, 0.15) is 17.3 Å². The molecule has 2 aromatic rings. The van der Waals surface area contributed by atoms with Crippen LogP contribution in [0, 0.1) is 18.6 Å². The summed E-state index contributed by atoms with van der Waals surface area (Å²) in [5, 5.41) is 7.42. The van der Waals surface area contributed by atoms with Gasteiger partial charge in [0.05, 0.1) is 11.8 Å². The average molecular weight is 265 g/mol. The monoisotopic (exact) mass is 265 g/mol. The highest BCUT2D eigenvalue weighted by molar-refractivity contribution is 6.07. The lowest BCUT2D eigenvalue weighted by atomic mass is 10.0. The summed E-state index contributed by atoms with van der Waals surface area (Å²) in [5.41, 5.74) is 0.254. The number of halogens is 2. The highest BCUT2D eigenvalue weighted by atomic mass is 19.1. The highest BCUT2D eigenvalue weighted by Gasteiger charge is 2.20. The fourth-order valence-electron chi connectivity index (χ4n) is 1.78. The second-order valence-electron chi connectivity index (χ2n) is 4.25. The van der Waals surface area contributed by atoms with Gasteiger partial charge in [-0.15, -0.1) is 5.10 Å². The van der Waals surface area contributed by atoms with E-state index >= 15 is 0 Å². The molecule has 19 heavy (non-hydrogen) atoms. The summed E-state index contributed by atoms with van der Waals surface area (Å²) >= 11 is 0. The number of aryl methyl sites for hydroxylation is 2. The van der Waals surface area contributed by atoms with Crippen molar-refractivity contribution in [1.82, 2.24) is 15.0 Å². The molecule has 0 aliphatic rings. The van der Waals surface area contributed by atoms with Gasteiger partial charge in [0.25, 0.3) is 0 Å². The first kappa shape index (κ1) is 13.3. The molecule has 0 aliphatic carbocycles. The lowest BCUT2D eigenvalue weighted by Crippen LogP contribution is -2.13. The SMILES string of the molecule is CCCn1nncc1C(=O)c1cc(C)c(F)cc1F. The minimum Gasteiger partial charge on any atom is -0.287 e. The van der Waals surface area contributed by atoms with Crippen LogP contribution < -0.4 is 0 Å². The molecule has 0 radical (unpaired) electrons. The van der Waals surface area contributed by atoms with Crippen molar-refractivity contribution in [1.29, 1.82) is 0 Å². The van der Waals surface area contributed by atoms with Crippen LogP contribution in [0.15, 0.2) is 18.3 Å². The minimum absolute atomic E-state index is 0.168. The predicted molar refractivity (Wildman–Crippen MR) is 64.8 cm³/mol. The van der Waals surface area contributed by atoms with Crippen LogP contribution in [0.5, 0.6) is 0 Å². The topological polar surface area (TPSA) is 47.8 Å². The Labute approximate surface area is 109 Å². The van der Waals surface area contributed by atoms with Crippen LogP contribution in [0.4, 0.5) is 8.78 Å². The van der Waals surface area contributed by atoms with E-state index in [1.807, 2.05) is 6.92 Å². The normalized spacial score (nSPS) is 10.7. The summed E-state index contributed by atoms with van der Waals surface area (Å²) in [5.74, 6) is -2.09. The number of carbonyl (C=O) groups excluding carboxylic acids is 1. The predicted octanol–water partition coefficient (Wildman–Crippen LogP) is 2.51. The van der Waals surface area contributed by atoms with Gasteiger partial charge in [-0.1, -0.05) is 12.1 Å². The van der Waals surface area contributed by atoms with Gasteiger partial charge in [0.15, 0.2) is 0 Å². The molecule has 0 saturated heterocycles. The van der Waals surface area contributed by atoms with E-state index < -0.39 is 17.4 Å². The number of rotatable bonds is 4. The summed E-state index contributed by atoms with van der Waals surface area (Å²) in [6.45, 7) is 3.93. The quantitative estimate of drug-likeness (QED) is 0.798. The Balaban J connectivity index is 2.44. The number of benzene rings is 1. The van der Waals surface area contributed by atoms with E-state index in [0.717, 1.165) is 12.5 Å². The molecule has 0 aliphatic heterocycles. The van der Waals surface area contributed by atoms with Crippen molar-refractivity contribution in [2.75, 3.05) is 0 Å². The zero-order valence-electron chi connectivity index (χ0n) is 10.7. The second kappa shape index (κ2) is 5.26. The third kappa shape index (κ3) is 2.52. The van der Waals surface area contributed by atoms with Crippen molar-refractivity contribution in [3.63, 3.8) is 0 Å². The third-order valence-corrected chi connectivity index (χ3v) is 2.78. The molecular formula is C13H13F2N3O. The van der Waals surface area contributed by atoms with Gasteiger partial charge in [-0.05, 0) is 25.0 Å². The lowest BCUT2D eigenvalue weighted by molar-refractivity contribution is 0.102. The number of aromatic nitrogens is 3. The van der Waals surface area contributed by atoms with E-state index in [-0.39, 0.29) is 16.8 Å².